The Morgan fingerprint density at radius 1 is 0.185 bits per heavy atom. The van der Waals surface area contributed by atoms with Gasteiger partial charge in [0.25, 0.3) is 0 Å². The summed E-state index contributed by atoms with van der Waals surface area (Å²) in [5.41, 5.74) is 14.1. The van der Waals surface area contributed by atoms with E-state index in [9.17, 15) is 0 Å². The van der Waals surface area contributed by atoms with E-state index in [0.29, 0.717) is 17.5 Å². The summed E-state index contributed by atoms with van der Waals surface area (Å²) in [4.78, 5) is 15.7. The standard InChI is InChI=1S/C51H35N3/c1-5-17-36(18-6-1)37-29-31-41(32-30-37)49-52-50(42-33-34-44(39-21-9-3-10-22-39)48(35-42)40-23-11-4-12-24-40)54-51(53-49)47-28-16-15-27-46(47)45-26-14-13-25-43(45)38-19-7-2-8-20-38/h1-35H. The number of hydrogen-bond acceptors (Lipinski definition) is 3. The lowest BCUT2D eigenvalue weighted by Gasteiger charge is -2.16. The quantitative estimate of drug-likeness (QED) is 0.159. The molecule has 0 saturated carbocycles. The highest BCUT2D eigenvalue weighted by Gasteiger charge is 2.19. The van der Waals surface area contributed by atoms with Crippen LogP contribution in [-0.4, -0.2) is 15.0 Å². The van der Waals surface area contributed by atoms with Crippen LogP contribution in [0.15, 0.2) is 212 Å². The van der Waals surface area contributed by atoms with Crippen molar-refractivity contribution in [3.05, 3.63) is 212 Å². The molecule has 1 aromatic heterocycles. The maximum atomic E-state index is 5.27. The third kappa shape index (κ3) is 6.63. The zero-order chi connectivity index (χ0) is 36.1. The molecule has 0 aliphatic heterocycles. The summed E-state index contributed by atoms with van der Waals surface area (Å²) < 4.78 is 0. The Balaban J connectivity index is 1.24. The molecule has 0 N–H and O–H groups in total. The molecular formula is C51H35N3. The van der Waals surface area contributed by atoms with E-state index in [0.717, 1.165) is 66.8 Å². The predicted molar refractivity (Wildman–Crippen MR) is 223 cm³/mol. The first kappa shape index (κ1) is 32.7. The first-order valence-corrected chi connectivity index (χ1v) is 18.2. The molecule has 0 unspecified atom stereocenters. The van der Waals surface area contributed by atoms with Gasteiger partial charge in [0.1, 0.15) is 0 Å². The van der Waals surface area contributed by atoms with Crippen LogP contribution in [0.5, 0.6) is 0 Å². The molecule has 1 heterocycles. The smallest absolute Gasteiger partial charge is 0.164 e. The van der Waals surface area contributed by atoms with Crippen molar-refractivity contribution in [2.45, 2.75) is 0 Å². The minimum atomic E-state index is 0.616. The van der Waals surface area contributed by atoms with Gasteiger partial charge in [-0.1, -0.05) is 206 Å². The number of nitrogens with zero attached hydrogens (tertiary/aromatic N) is 3. The van der Waals surface area contributed by atoms with Gasteiger partial charge in [0.05, 0.1) is 0 Å². The summed E-state index contributed by atoms with van der Waals surface area (Å²) in [7, 11) is 0. The van der Waals surface area contributed by atoms with Crippen molar-refractivity contribution in [1.29, 1.82) is 0 Å². The predicted octanol–water partition coefficient (Wildman–Crippen LogP) is 13.2. The fraction of sp³-hybridized carbons (Fsp3) is 0. The third-order valence-electron chi connectivity index (χ3n) is 9.80. The average Bonchev–Trinajstić information content (AvgIpc) is 3.27. The summed E-state index contributed by atoms with van der Waals surface area (Å²) in [5.74, 6) is 1.85. The van der Waals surface area contributed by atoms with Gasteiger partial charge in [0, 0.05) is 16.7 Å². The Labute approximate surface area is 316 Å². The number of rotatable bonds is 8. The molecule has 0 atom stereocenters. The molecule has 9 aromatic rings. The number of hydrogen-bond donors (Lipinski definition) is 0. The molecule has 0 bridgehead atoms. The van der Waals surface area contributed by atoms with Gasteiger partial charge >= 0.3 is 0 Å². The lowest BCUT2D eigenvalue weighted by Crippen LogP contribution is -2.01. The normalized spacial score (nSPS) is 11.0. The van der Waals surface area contributed by atoms with Crippen molar-refractivity contribution in [3.8, 4) is 89.8 Å². The van der Waals surface area contributed by atoms with Crippen LogP contribution < -0.4 is 0 Å². The SMILES string of the molecule is c1ccc(-c2ccc(-c3nc(-c4ccc(-c5ccccc5)c(-c5ccccc5)c4)nc(-c4ccccc4-c4ccccc4-c4ccccc4)n3)cc2)cc1. The summed E-state index contributed by atoms with van der Waals surface area (Å²) >= 11 is 0. The molecule has 0 fully saturated rings. The van der Waals surface area contributed by atoms with Crippen LogP contribution in [0.25, 0.3) is 89.8 Å². The molecule has 0 aliphatic carbocycles. The summed E-state index contributed by atoms with van der Waals surface area (Å²) in [6.45, 7) is 0. The Morgan fingerprint density at radius 2 is 0.519 bits per heavy atom. The van der Waals surface area contributed by atoms with Crippen LogP contribution in [0.2, 0.25) is 0 Å². The van der Waals surface area contributed by atoms with Crippen LogP contribution >= 0.6 is 0 Å². The second-order valence-electron chi connectivity index (χ2n) is 13.2. The highest BCUT2D eigenvalue weighted by atomic mass is 15.0. The highest BCUT2D eigenvalue weighted by molar-refractivity contribution is 5.91. The molecule has 0 aliphatic rings. The average molecular weight is 690 g/mol. The second kappa shape index (κ2) is 14.8. The van der Waals surface area contributed by atoms with Crippen molar-refractivity contribution >= 4 is 0 Å². The van der Waals surface area contributed by atoms with Crippen molar-refractivity contribution in [1.82, 2.24) is 15.0 Å². The molecule has 3 heteroatoms. The van der Waals surface area contributed by atoms with E-state index in [1.807, 2.05) is 6.07 Å². The fourth-order valence-electron chi connectivity index (χ4n) is 7.11. The first-order valence-electron chi connectivity index (χ1n) is 18.2. The Bertz CT molecular complexity index is 2670. The Morgan fingerprint density at radius 3 is 1.07 bits per heavy atom. The minimum absolute atomic E-state index is 0.616. The number of aromatic nitrogens is 3. The van der Waals surface area contributed by atoms with E-state index in [1.165, 1.54) is 5.56 Å². The van der Waals surface area contributed by atoms with Crippen LogP contribution in [0.1, 0.15) is 0 Å². The zero-order valence-electron chi connectivity index (χ0n) is 29.5. The minimum Gasteiger partial charge on any atom is -0.208 e. The van der Waals surface area contributed by atoms with E-state index in [4.69, 9.17) is 15.0 Å². The Kier molecular flexibility index (Phi) is 8.94. The monoisotopic (exact) mass is 689 g/mol. The molecule has 0 saturated heterocycles. The lowest BCUT2D eigenvalue weighted by atomic mass is 9.91. The molecule has 9 rings (SSSR count). The van der Waals surface area contributed by atoms with Gasteiger partial charge < -0.3 is 0 Å². The van der Waals surface area contributed by atoms with Gasteiger partial charge in [0.15, 0.2) is 17.5 Å². The van der Waals surface area contributed by atoms with Gasteiger partial charge in [0.2, 0.25) is 0 Å². The van der Waals surface area contributed by atoms with Crippen molar-refractivity contribution < 1.29 is 0 Å². The maximum Gasteiger partial charge on any atom is 0.164 e. The topological polar surface area (TPSA) is 38.7 Å². The molecule has 3 nitrogen and oxygen atoms in total. The van der Waals surface area contributed by atoms with Gasteiger partial charge in [-0.3, -0.25) is 0 Å². The van der Waals surface area contributed by atoms with Crippen LogP contribution in [0, 0.1) is 0 Å². The largest absolute Gasteiger partial charge is 0.208 e. The van der Waals surface area contributed by atoms with Crippen molar-refractivity contribution in [3.63, 3.8) is 0 Å². The van der Waals surface area contributed by atoms with E-state index in [2.05, 4.69) is 206 Å². The van der Waals surface area contributed by atoms with Gasteiger partial charge in [-0.15, -0.1) is 0 Å². The summed E-state index contributed by atoms with van der Waals surface area (Å²) in [5, 5.41) is 0. The molecule has 0 radical (unpaired) electrons. The van der Waals surface area contributed by atoms with E-state index >= 15 is 0 Å². The molecular weight excluding hydrogens is 655 g/mol. The molecule has 254 valence electrons. The van der Waals surface area contributed by atoms with Crippen molar-refractivity contribution in [2.75, 3.05) is 0 Å². The zero-order valence-corrected chi connectivity index (χ0v) is 29.5. The van der Waals surface area contributed by atoms with Crippen LogP contribution in [-0.2, 0) is 0 Å². The van der Waals surface area contributed by atoms with Crippen LogP contribution in [0.3, 0.4) is 0 Å². The lowest BCUT2D eigenvalue weighted by molar-refractivity contribution is 1.07. The fourth-order valence-corrected chi connectivity index (χ4v) is 7.11. The highest BCUT2D eigenvalue weighted by Crippen LogP contribution is 2.39. The maximum absolute atomic E-state index is 5.27. The van der Waals surface area contributed by atoms with E-state index in [1.54, 1.807) is 0 Å². The van der Waals surface area contributed by atoms with Gasteiger partial charge in [-0.2, -0.15) is 0 Å². The molecule has 54 heavy (non-hydrogen) atoms. The third-order valence-corrected chi connectivity index (χ3v) is 9.80. The summed E-state index contributed by atoms with van der Waals surface area (Å²) in [6.07, 6.45) is 0. The first-order chi connectivity index (χ1) is 26.8. The van der Waals surface area contributed by atoms with Gasteiger partial charge in [-0.25, -0.2) is 15.0 Å². The van der Waals surface area contributed by atoms with Crippen LogP contribution in [0.4, 0.5) is 0 Å². The van der Waals surface area contributed by atoms with Crippen molar-refractivity contribution in [2.24, 2.45) is 0 Å². The second-order valence-corrected chi connectivity index (χ2v) is 13.2. The Hall–Kier alpha value is -7.23. The molecule has 0 spiro atoms. The number of benzene rings is 8. The van der Waals surface area contributed by atoms with E-state index < -0.39 is 0 Å². The molecule has 8 aromatic carbocycles. The van der Waals surface area contributed by atoms with E-state index in [-0.39, 0.29) is 0 Å². The van der Waals surface area contributed by atoms with Gasteiger partial charge in [-0.05, 0) is 61.7 Å². The summed E-state index contributed by atoms with van der Waals surface area (Å²) in [6, 6.07) is 74.0. The molecule has 0 amide bonds.